The second-order valence-electron chi connectivity index (χ2n) is 1.73. The highest BCUT2D eigenvalue weighted by molar-refractivity contribution is 6.28. The summed E-state index contributed by atoms with van der Waals surface area (Å²) < 4.78 is 0. The average molecular weight is 140 g/mol. The van der Waals surface area contributed by atoms with E-state index in [0.717, 1.165) is 4.90 Å². The van der Waals surface area contributed by atoms with Crippen LogP contribution in [0, 0.1) is 16.9 Å². The number of rotatable bonds is 3. The Labute approximate surface area is 58.5 Å². The number of aldehydes is 1. The Morgan fingerprint density at radius 1 is 2.00 bits per heavy atom. The van der Waals surface area contributed by atoms with Crippen LogP contribution in [0.4, 0.5) is 0 Å². The van der Waals surface area contributed by atoms with Crippen molar-refractivity contribution < 1.29 is 4.79 Å². The Morgan fingerprint density at radius 3 is 2.80 bits per heavy atom. The van der Waals surface area contributed by atoms with Crippen LogP contribution in [0.15, 0.2) is 0 Å². The first-order valence-corrected chi connectivity index (χ1v) is 2.55. The first kappa shape index (κ1) is 8.59. The van der Waals surface area contributed by atoms with Gasteiger partial charge in [0.1, 0.15) is 11.9 Å². The summed E-state index contributed by atoms with van der Waals surface area (Å²) in [5.74, 6) is 0. The van der Waals surface area contributed by atoms with Crippen LogP contribution >= 0.6 is 0 Å². The van der Waals surface area contributed by atoms with Gasteiger partial charge >= 0.3 is 0 Å². The van der Waals surface area contributed by atoms with Gasteiger partial charge in [0, 0.05) is 7.05 Å². The van der Waals surface area contributed by atoms with Crippen molar-refractivity contribution in [2.75, 3.05) is 7.05 Å². The van der Waals surface area contributed by atoms with Crippen LogP contribution in [-0.2, 0) is 4.79 Å². The predicted octanol–water partition coefficient (Wildman–Crippen LogP) is -1.10. The first-order chi connectivity index (χ1) is 4.63. The zero-order valence-corrected chi connectivity index (χ0v) is 5.53. The maximum Gasteiger partial charge on any atom is 0.180 e. The molecule has 0 saturated carbocycles. The summed E-state index contributed by atoms with van der Waals surface area (Å²) in [6.07, 6.45) is 1.09. The smallest absolute Gasteiger partial charge is 0.180 e. The highest BCUT2D eigenvalue weighted by Crippen LogP contribution is 1.85. The fourth-order valence-electron chi connectivity index (χ4n) is 0.341. The molecule has 1 atom stereocenters. The Hall–Kier alpha value is -1.41. The van der Waals surface area contributed by atoms with Crippen molar-refractivity contribution in [3.8, 4) is 6.19 Å². The molecule has 0 amide bonds. The minimum absolute atomic E-state index is 0.302. The lowest BCUT2D eigenvalue weighted by molar-refractivity contribution is -0.103. The average Bonchev–Trinajstić information content (AvgIpc) is 2.00. The van der Waals surface area contributed by atoms with E-state index in [-0.39, 0.29) is 5.71 Å². The van der Waals surface area contributed by atoms with Gasteiger partial charge in [0.25, 0.3) is 0 Å². The lowest BCUT2D eigenvalue weighted by Crippen LogP contribution is -2.43. The molecule has 0 aromatic heterocycles. The largest absolute Gasteiger partial charge is 0.306 e. The van der Waals surface area contributed by atoms with Gasteiger partial charge in [-0.25, -0.2) is 0 Å². The summed E-state index contributed by atoms with van der Waals surface area (Å²) in [6, 6.07) is 0. The predicted molar refractivity (Wildman–Crippen MR) is 35.1 cm³/mol. The first-order valence-electron chi connectivity index (χ1n) is 2.55. The third-order valence-electron chi connectivity index (χ3n) is 1.02. The Morgan fingerprint density at radius 2 is 2.50 bits per heavy atom. The maximum atomic E-state index is 9.93. The lowest BCUT2D eigenvalue weighted by atomic mass is 10.3. The number of hydrogen-bond donors (Lipinski definition) is 2. The van der Waals surface area contributed by atoms with Crippen LogP contribution in [0.3, 0.4) is 0 Å². The maximum absolute atomic E-state index is 9.93. The van der Waals surface area contributed by atoms with Gasteiger partial charge in [0.05, 0.1) is 0 Å². The molecule has 0 bridgehead atoms. The van der Waals surface area contributed by atoms with Gasteiger partial charge in [-0.3, -0.25) is 15.1 Å². The molecule has 1 unspecified atom stereocenters. The number of nitriles is 1. The zero-order valence-electron chi connectivity index (χ0n) is 5.53. The molecule has 10 heavy (non-hydrogen) atoms. The molecule has 5 nitrogen and oxygen atoms in total. The van der Waals surface area contributed by atoms with Crippen molar-refractivity contribution in [2.24, 2.45) is 5.73 Å². The molecule has 0 rings (SSSR count). The van der Waals surface area contributed by atoms with Gasteiger partial charge in [0.2, 0.25) is 0 Å². The van der Waals surface area contributed by atoms with Crippen LogP contribution in [-0.4, -0.2) is 30.1 Å². The summed E-state index contributed by atoms with van der Waals surface area (Å²) in [4.78, 5) is 11.0. The van der Waals surface area contributed by atoms with E-state index in [1.54, 1.807) is 6.19 Å². The second kappa shape index (κ2) is 3.58. The number of hydrogen-bond acceptors (Lipinski definition) is 5. The van der Waals surface area contributed by atoms with E-state index in [4.69, 9.17) is 16.4 Å². The molecule has 54 valence electrons. The molecule has 0 aliphatic carbocycles. The third-order valence-corrected chi connectivity index (χ3v) is 1.02. The van der Waals surface area contributed by atoms with Crippen molar-refractivity contribution in [1.82, 2.24) is 4.90 Å². The van der Waals surface area contributed by atoms with Crippen molar-refractivity contribution >= 4 is 12.0 Å². The Bertz CT molecular complexity index is 183. The molecule has 0 aromatic rings. The van der Waals surface area contributed by atoms with E-state index in [1.807, 2.05) is 0 Å². The molecule has 0 spiro atoms. The fourth-order valence-corrected chi connectivity index (χ4v) is 0.341. The van der Waals surface area contributed by atoms with Crippen molar-refractivity contribution in [2.45, 2.75) is 6.17 Å². The standard InChI is InChI=1S/C5H8N4O/c1-9(3-6)5(8)4(7)2-10/h2,5,7H,8H2,1H3. The summed E-state index contributed by atoms with van der Waals surface area (Å²) >= 11 is 0. The quantitative estimate of drug-likeness (QED) is 0.171. The van der Waals surface area contributed by atoms with E-state index in [1.165, 1.54) is 7.05 Å². The summed E-state index contributed by atoms with van der Waals surface area (Å²) in [5, 5.41) is 15.1. The van der Waals surface area contributed by atoms with Gasteiger partial charge in [0.15, 0.2) is 12.5 Å². The molecule has 5 heteroatoms. The van der Waals surface area contributed by atoms with Crippen LogP contribution in [0.2, 0.25) is 0 Å². The topological polar surface area (TPSA) is 94.0 Å². The number of nitrogens with two attached hydrogens (primary N) is 1. The molecule has 0 aliphatic heterocycles. The van der Waals surface area contributed by atoms with Crippen LogP contribution < -0.4 is 5.73 Å². The SMILES string of the molecule is CN(C#N)C(N)C(=N)C=O. The number of carbonyl (C=O) groups is 1. The van der Waals surface area contributed by atoms with Gasteiger partial charge in [-0.05, 0) is 0 Å². The number of nitrogens with one attached hydrogen (secondary N) is 1. The van der Waals surface area contributed by atoms with E-state index < -0.39 is 6.17 Å². The van der Waals surface area contributed by atoms with E-state index >= 15 is 0 Å². The van der Waals surface area contributed by atoms with E-state index in [9.17, 15) is 4.79 Å². The molecule has 0 radical (unpaired) electrons. The molecule has 3 N–H and O–H groups in total. The van der Waals surface area contributed by atoms with E-state index in [0.29, 0.717) is 6.29 Å². The monoisotopic (exact) mass is 140 g/mol. The van der Waals surface area contributed by atoms with Gasteiger partial charge in [-0.15, -0.1) is 0 Å². The fraction of sp³-hybridized carbons (Fsp3) is 0.400. The molecular formula is C5H8N4O. The second-order valence-corrected chi connectivity index (χ2v) is 1.73. The Balaban J connectivity index is 4.09. The van der Waals surface area contributed by atoms with Crippen LogP contribution in [0.1, 0.15) is 0 Å². The van der Waals surface area contributed by atoms with Crippen LogP contribution in [0.25, 0.3) is 0 Å². The molecule has 0 aliphatic rings. The lowest BCUT2D eigenvalue weighted by Gasteiger charge is -2.15. The van der Waals surface area contributed by atoms with Crippen molar-refractivity contribution in [1.29, 1.82) is 10.7 Å². The van der Waals surface area contributed by atoms with Gasteiger partial charge < -0.3 is 5.73 Å². The molecule has 0 aromatic carbocycles. The zero-order chi connectivity index (χ0) is 8.15. The molecule has 0 fully saturated rings. The van der Waals surface area contributed by atoms with E-state index in [2.05, 4.69) is 0 Å². The summed E-state index contributed by atoms with van der Waals surface area (Å²) in [6.45, 7) is 0. The summed E-state index contributed by atoms with van der Waals surface area (Å²) in [5.41, 5.74) is 4.93. The van der Waals surface area contributed by atoms with Gasteiger partial charge in [-0.2, -0.15) is 5.26 Å². The van der Waals surface area contributed by atoms with Crippen molar-refractivity contribution in [3.05, 3.63) is 0 Å². The highest BCUT2D eigenvalue weighted by atomic mass is 16.1. The minimum atomic E-state index is -0.914. The van der Waals surface area contributed by atoms with Crippen LogP contribution in [0.5, 0.6) is 0 Å². The third kappa shape index (κ3) is 1.84. The normalized spacial score (nSPS) is 11.3. The van der Waals surface area contributed by atoms with Gasteiger partial charge in [-0.1, -0.05) is 0 Å². The number of nitrogens with zero attached hydrogens (tertiary/aromatic N) is 2. The molecule has 0 saturated heterocycles. The summed E-state index contributed by atoms with van der Waals surface area (Å²) in [7, 11) is 1.41. The Kier molecular flexibility index (Phi) is 3.08. The number of carbonyl (C=O) groups excluding carboxylic acids is 1. The molecular weight excluding hydrogens is 132 g/mol. The minimum Gasteiger partial charge on any atom is -0.306 e. The molecule has 0 heterocycles. The highest BCUT2D eigenvalue weighted by Gasteiger charge is 2.11. The van der Waals surface area contributed by atoms with Crippen molar-refractivity contribution in [3.63, 3.8) is 0 Å².